The minimum absolute atomic E-state index is 0.0589. The van der Waals surface area contributed by atoms with E-state index in [1.807, 2.05) is 36.4 Å². The van der Waals surface area contributed by atoms with Gasteiger partial charge in [0.05, 0.1) is 18.1 Å². The van der Waals surface area contributed by atoms with Gasteiger partial charge in [0.1, 0.15) is 0 Å². The number of carbonyl (C=O) groups is 1. The van der Waals surface area contributed by atoms with Crippen LogP contribution < -0.4 is 4.74 Å². The van der Waals surface area contributed by atoms with E-state index in [4.69, 9.17) is 4.74 Å². The van der Waals surface area contributed by atoms with E-state index < -0.39 is 17.7 Å². The summed E-state index contributed by atoms with van der Waals surface area (Å²) in [6, 6.07) is 11.2. The van der Waals surface area contributed by atoms with Crippen molar-refractivity contribution in [3.8, 4) is 17.0 Å². The summed E-state index contributed by atoms with van der Waals surface area (Å²) in [5, 5.41) is 9.84. The number of ether oxygens (including phenoxy) is 1. The second-order valence-corrected chi connectivity index (χ2v) is 11.6. The molecule has 5 nitrogen and oxygen atoms in total. The summed E-state index contributed by atoms with van der Waals surface area (Å²) in [6.07, 6.45) is 3.36. The highest BCUT2D eigenvalue weighted by Gasteiger charge is 2.46. The predicted molar refractivity (Wildman–Crippen MR) is 141 cm³/mol. The van der Waals surface area contributed by atoms with Crippen LogP contribution in [-0.2, 0) is 0 Å². The fourth-order valence-electron chi connectivity index (χ4n) is 5.36. The Morgan fingerprint density at radius 1 is 1.00 bits per heavy atom. The van der Waals surface area contributed by atoms with E-state index in [-0.39, 0.29) is 12.3 Å². The Bertz CT molecular complexity index is 1050. The van der Waals surface area contributed by atoms with Gasteiger partial charge in [0.2, 0.25) is 5.88 Å². The van der Waals surface area contributed by atoms with Gasteiger partial charge in [-0.05, 0) is 74.1 Å². The normalized spacial score (nSPS) is 22.8. The van der Waals surface area contributed by atoms with Gasteiger partial charge < -0.3 is 14.7 Å². The molecule has 1 N–H and O–H groups in total. The van der Waals surface area contributed by atoms with Crippen LogP contribution in [0.1, 0.15) is 75.6 Å². The van der Waals surface area contributed by atoms with Crippen molar-refractivity contribution in [2.24, 2.45) is 17.3 Å². The highest BCUT2D eigenvalue weighted by Crippen LogP contribution is 2.43. The third-order valence-corrected chi connectivity index (χ3v) is 8.26. The van der Waals surface area contributed by atoms with Crippen LogP contribution in [-0.4, -0.2) is 52.9 Å². The molecule has 38 heavy (non-hydrogen) atoms. The lowest BCUT2D eigenvalue weighted by atomic mass is 9.76. The largest absolute Gasteiger partial charge is 0.477 e. The van der Waals surface area contributed by atoms with E-state index >= 15 is 0 Å². The van der Waals surface area contributed by atoms with Crippen LogP contribution in [0.3, 0.4) is 0 Å². The van der Waals surface area contributed by atoms with Gasteiger partial charge in [-0.1, -0.05) is 38.8 Å². The predicted octanol–water partition coefficient (Wildman–Crippen LogP) is 6.90. The molecular weight excluding hydrogens is 493 g/mol. The molecule has 1 saturated heterocycles. The summed E-state index contributed by atoms with van der Waals surface area (Å²) < 4.78 is 45.3. The molecule has 1 aromatic heterocycles. The summed E-state index contributed by atoms with van der Waals surface area (Å²) in [6.45, 7) is 4.21. The van der Waals surface area contributed by atoms with Crippen molar-refractivity contribution in [2.45, 2.75) is 77.5 Å². The average molecular weight is 533 g/mol. The zero-order chi connectivity index (χ0) is 27.3. The van der Waals surface area contributed by atoms with Crippen LogP contribution in [0.2, 0.25) is 0 Å². The number of rotatable bonds is 8. The zero-order valence-corrected chi connectivity index (χ0v) is 22.3. The summed E-state index contributed by atoms with van der Waals surface area (Å²) in [4.78, 5) is 18.9. The molecule has 208 valence electrons. The summed E-state index contributed by atoms with van der Waals surface area (Å²) in [5.41, 5.74) is 0.856. The lowest BCUT2D eigenvalue weighted by Gasteiger charge is -2.32. The number of pyridine rings is 1. The van der Waals surface area contributed by atoms with Crippen molar-refractivity contribution in [3.63, 3.8) is 0 Å². The lowest BCUT2D eigenvalue weighted by molar-refractivity contribution is -0.214. The molecule has 1 aliphatic carbocycles. The number of benzene rings is 1. The summed E-state index contributed by atoms with van der Waals surface area (Å²) in [7, 11) is 0. The van der Waals surface area contributed by atoms with E-state index in [1.54, 1.807) is 11.1 Å². The van der Waals surface area contributed by atoms with Crippen LogP contribution in [0, 0.1) is 17.3 Å². The second-order valence-electron chi connectivity index (χ2n) is 11.6. The molecule has 0 unspecified atom stereocenters. The van der Waals surface area contributed by atoms with Crippen molar-refractivity contribution < 1.29 is 27.8 Å². The number of alkyl halides is 3. The Balaban J connectivity index is 1.21. The Morgan fingerprint density at radius 2 is 1.66 bits per heavy atom. The number of aromatic nitrogens is 1. The van der Waals surface area contributed by atoms with Crippen molar-refractivity contribution in [1.29, 1.82) is 0 Å². The van der Waals surface area contributed by atoms with Gasteiger partial charge in [0, 0.05) is 36.5 Å². The first-order valence-electron chi connectivity index (χ1n) is 13.8. The van der Waals surface area contributed by atoms with Crippen LogP contribution >= 0.6 is 0 Å². The van der Waals surface area contributed by atoms with E-state index in [0.717, 1.165) is 49.7 Å². The maximum absolute atomic E-state index is 13.1. The Hall–Kier alpha value is -2.61. The Morgan fingerprint density at radius 3 is 2.26 bits per heavy atom. The van der Waals surface area contributed by atoms with E-state index in [9.17, 15) is 23.1 Å². The van der Waals surface area contributed by atoms with Crippen LogP contribution in [0.25, 0.3) is 11.1 Å². The number of aliphatic hydroxyl groups is 1. The summed E-state index contributed by atoms with van der Waals surface area (Å²) in [5.74, 6) is 1.25. The third kappa shape index (κ3) is 7.28. The Kier molecular flexibility index (Phi) is 9.01. The van der Waals surface area contributed by atoms with E-state index in [1.165, 1.54) is 13.8 Å². The highest BCUT2D eigenvalue weighted by molar-refractivity contribution is 5.94. The van der Waals surface area contributed by atoms with Crippen molar-refractivity contribution >= 4 is 5.91 Å². The third-order valence-electron chi connectivity index (χ3n) is 8.26. The molecule has 2 fully saturated rings. The monoisotopic (exact) mass is 532 g/mol. The average Bonchev–Trinajstić information content (AvgIpc) is 2.91. The minimum atomic E-state index is -4.15. The molecule has 1 aliphatic heterocycles. The zero-order valence-electron chi connectivity index (χ0n) is 22.3. The number of aliphatic hydroxyl groups excluding tert-OH is 1. The molecule has 0 spiro atoms. The molecule has 2 aromatic rings. The maximum Gasteiger partial charge on any atom is 0.393 e. The SMILES string of the molecule is CC(C)(CCC1CCC(COc2ccc(-c3ccc(C(=O)N4CCC[C@@H](O)C4)cc3)cn2)CC1)C(F)(F)F. The first-order valence-corrected chi connectivity index (χ1v) is 13.8. The van der Waals surface area contributed by atoms with E-state index in [0.29, 0.717) is 49.4 Å². The number of carbonyl (C=O) groups excluding carboxylic acids is 1. The van der Waals surface area contributed by atoms with Gasteiger partial charge in [-0.3, -0.25) is 4.79 Å². The number of hydrogen-bond acceptors (Lipinski definition) is 4. The number of likely N-dealkylation sites (tertiary alicyclic amines) is 1. The lowest BCUT2D eigenvalue weighted by Crippen LogP contribution is -2.42. The minimum Gasteiger partial charge on any atom is -0.477 e. The Labute approximate surface area is 223 Å². The van der Waals surface area contributed by atoms with Crippen LogP contribution in [0.15, 0.2) is 42.6 Å². The molecule has 1 aromatic carbocycles. The van der Waals surface area contributed by atoms with Gasteiger partial charge >= 0.3 is 6.18 Å². The number of piperidine rings is 1. The van der Waals surface area contributed by atoms with Crippen molar-refractivity contribution in [1.82, 2.24) is 9.88 Å². The van der Waals surface area contributed by atoms with Crippen LogP contribution in [0.5, 0.6) is 5.88 Å². The van der Waals surface area contributed by atoms with Gasteiger partial charge in [0.15, 0.2) is 0 Å². The number of amides is 1. The molecule has 8 heteroatoms. The number of β-amino-alcohol motifs (C(OH)–C–C–N with tert-alkyl or cyclic N) is 1. The van der Waals surface area contributed by atoms with Gasteiger partial charge in [-0.25, -0.2) is 4.98 Å². The molecular formula is C30H39F3N2O3. The molecule has 2 aliphatic rings. The van der Waals surface area contributed by atoms with Gasteiger partial charge in [0.25, 0.3) is 5.91 Å². The molecule has 1 amide bonds. The van der Waals surface area contributed by atoms with Crippen molar-refractivity contribution in [3.05, 3.63) is 48.2 Å². The van der Waals surface area contributed by atoms with Gasteiger partial charge in [-0.15, -0.1) is 0 Å². The standard InChI is InChI=1S/C30H39F3N2O3/c1-29(2,30(31,32)33)16-15-21-5-7-22(8-6-21)20-38-27-14-13-25(18-34-27)23-9-11-24(12-10-23)28(37)35-17-3-4-26(36)19-35/h9-14,18,21-22,26,36H,3-8,15-17,19-20H2,1-2H3/t21?,22?,26-/m1/s1. The number of halogens is 3. The molecule has 1 saturated carbocycles. The van der Waals surface area contributed by atoms with Crippen LogP contribution in [0.4, 0.5) is 13.2 Å². The fourth-order valence-corrected chi connectivity index (χ4v) is 5.36. The highest BCUT2D eigenvalue weighted by atomic mass is 19.4. The molecule has 4 rings (SSSR count). The maximum atomic E-state index is 13.1. The van der Waals surface area contributed by atoms with Crippen molar-refractivity contribution in [2.75, 3.05) is 19.7 Å². The summed E-state index contributed by atoms with van der Waals surface area (Å²) >= 11 is 0. The van der Waals surface area contributed by atoms with Gasteiger partial charge in [-0.2, -0.15) is 13.2 Å². The molecule has 2 heterocycles. The second kappa shape index (κ2) is 12.1. The topological polar surface area (TPSA) is 62.7 Å². The first-order chi connectivity index (χ1) is 18.0. The quantitative estimate of drug-likeness (QED) is 0.402. The molecule has 0 bridgehead atoms. The molecule has 0 radical (unpaired) electrons. The first kappa shape index (κ1) is 28.4. The fraction of sp³-hybridized carbons (Fsp3) is 0.600. The van der Waals surface area contributed by atoms with E-state index in [2.05, 4.69) is 4.98 Å². The molecule has 1 atom stereocenters. The smallest absolute Gasteiger partial charge is 0.393 e. The number of hydrogen-bond donors (Lipinski definition) is 1. The number of nitrogens with zero attached hydrogens (tertiary/aromatic N) is 2.